The van der Waals surface area contributed by atoms with Crippen LogP contribution in [-0.4, -0.2) is 87.4 Å². The lowest BCUT2D eigenvalue weighted by Crippen LogP contribution is -2.40. The summed E-state index contributed by atoms with van der Waals surface area (Å²) in [6.45, 7) is 4.71. The maximum atomic E-state index is 12.9. The maximum absolute atomic E-state index is 12.9. The molecule has 0 aromatic heterocycles. The van der Waals surface area contributed by atoms with E-state index >= 15 is 0 Å². The Hall–Kier alpha value is -4.83. The van der Waals surface area contributed by atoms with Crippen molar-refractivity contribution < 1.29 is 42.9 Å². The van der Waals surface area contributed by atoms with E-state index in [0.29, 0.717) is 17.4 Å². The van der Waals surface area contributed by atoms with Crippen molar-refractivity contribution in [3.63, 3.8) is 0 Å². The van der Waals surface area contributed by atoms with Gasteiger partial charge in [-0.1, -0.05) is 256 Å². The van der Waals surface area contributed by atoms with Gasteiger partial charge in [-0.2, -0.15) is 0 Å². The summed E-state index contributed by atoms with van der Waals surface area (Å²) in [7, 11) is 5.96. The van der Waals surface area contributed by atoms with Crippen molar-refractivity contribution in [3.8, 4) is 0 Å². The number of esters is 2. The molecule has 0 saturated heterocycles. The second-order valence-corrected chi connectivity index (χ2v) is 22.7. The first-order valence-corrected chi connectivity index (χ1v) is 33.0. The number of carboxylic acids is 1. The van der Waals surface area contributed by atoms with Crippen molar-refractivity contribution in [2.24, 2.45) is 0 Å². The molecule has 0 saturated carbocycles. The fourth-order valence-corrected chi connectivity index (χ4v) is 8.54. The second-order valence-electron chi connectivity index (χ2n) is 22.7. The molecule has 2 unspecified atom stereocenters. The van der Waals surface area contributed by atoms with Gasteiger partial charge in [-0.25, -0.2) is 4.79 Å². The smallest absolute Gasteiger partial charge is 0.361 e. The molecule has 1 N–H and O–H groups in total. The molecule has 0 rings (SSSR count). The molecule has 2 atom stereocenters. The Morgan fingerprint density at radius 2 is 0.687 bits per heavy atom. The summed E-state index contributed by atoms with van der Waals surface area (Å²) in [5.41, 5.74) is 0. The fourth-order valence-electron chi connectivity index (χ4n) is 8.54. The number of hydrogen-bond acceptors (Lipinski definition) is 7. The number of carbonyl (C=O) groups excluding carboxylic acids is 2. The first kappa shape index (κ1) is 78.2. The Labute approximate surface area is 509 Å². The Balaban J connectivity index is 4.20. The lowest BCUT2D eigenvalue weighted by Gasteiger charge is -2.25. The van der Waals surface area contributed by atoms with Gasteiger partial charge in [0.15, 0.2) is 6.10 Å². The maximum Gasteiger partial charge on any atom is 0.361 e. The van der Waals surface area contributed by atoms with E-state index < -0.39 is 24.3 Å². The molecule has 0 aliphatic rings. The molecule has 0 radical (unpaired) electrons. The Kier molecular flexibility index (Phi) is 59.5. The van der Waals surface area contributed by atoms with E-state index in [9.17, 15) is 19.5 Å². The lowest BCUT2D eigenvalue weighted by molar-refractivity contribution is -0.870. The highest BCUT2D eigenvalue weighted by atomic mass is 16.7. The van der Waals surface area contributed by atoms with Crippen LogP contribution in [0.2, 0.25) is 0 Å². The summed E-state index contributed by atoms with van der Waals surface area (Å²) >= 11 is 0. The monoisotopic (exact) mass is 1150 g/mol. The molecule has 0 heterocycles. The first-order chi connectivity index (χ1) is 40.6. The van der Waals surface area contributed by atoms with Crippen LogP contribution in [0.3, 0.4) is 0 Å². The minimum Gasteiger partial charge on any atom is -0.477 e. The van der Waals surface area contributed by atoms with Gasteiger partial charge in [0.2, 0.25) is 0 Å². The van der Waals surface area contributed by atoms with Gasteiger partial charge in [0, 0.05) is 12.8 Å². The topological polar surface area (TPSA) is 108 Å². The molecule has 0 aliphatic heterocycles. The standard InChI is InChI=1S/C74H121NO8/c1-6-8-10-12-14-16-18-20-22-24-26-27-28-29-30-31-32-33-34-35-36-37-38-39-40-41-42-43-44-45-47-49-51-53-55-57-59-61-63-65-72(77)83-70(69-82-74(73(78)79)80-67-66-75(3,4)5)68-81-71(76)64-62-60-58-56-54-52-50-48-46-25-23-21-19-17-15-13-11-9-7-2/h8,10,14-17,20-23,26-27,29-30,32-33,35-36,38-39,41-42,44-45,70,74H,6-7,9,11-13,18-19,24-25,28,31,34,37,40,43,46-69H2,1-5H3/p+1/b10-8-,16-14-,17-15-,22-20-,23-21-,27-26-,30-29-,33-32-,36-35-,39-38-,42-41-,45-44-. The van der Waals surface area contributed by atoms with Gasteiger partial charge in [0.05, 0.1) is 34.4 Å². The molecule has 0 bridgehead atoms. The second kappa shape index (κ2) is 63.2. The Bertz CT molecular complexity index is 1870. The summed E-state index contributed by atoms with van der Waals surface area (Å²) in [4.78, 5) is 37.5. The Morgan fingerprint density at radius 1 is 0.373 bits per heavy atom. The highest BCUT2D eigenvalue weighted by Crippen LogP contribution is 2.15. The SMILES string of the molecule is CC/C=C\C/C=C\C/C=C\C/C=C\C/C=C\C/C=C\C/C=C\C/C=C\C/C=C\C/C=C\CCCCCCCCCCC(=O)OC(COC(=O)CCCCCCCCCCC/C=C\C/C=C\CCCCC)COC(OCC[N+](C)(C)C)C(=O)O. The van der Waals surface area contributed by atoms with E-state index in [2.05, 4.69) is 160 Å². The highest BCUT2D eigenvalue weighted by Gasteiger charge is 2.25. The zero-order valence-electron chi connectivity index (χ0n) is 53.5. The van der Waals surface area contributed by atoms with Crippen LogP contribution >= 0.6 is 0 Å². The number of likely N-dealkylation sites (N-methyl/N-ethyl adjacent to an activating group) is 1. The largest absolute Gasteiger partial charge is 0.477 e. The number of allylic oxidation sites excluding steroid dienone is 24. The number of carbonyl (C=O) groups is 3. The molecule has 470 valence electrons. The summed E-state index contributed by atoms with van der Waals surface area (Å²) in [5.74, 6) is -2.03. The van der Waals surface area contributed by atoms with Crippen LogP contribution < -0.4 is 0 Å². The van der Waals surface area contributed by atoms with Crippen LogP contribution in [-0.2, 0) is 33.3 Å². The van der Waals surface area contributed by atoms with Gasteiger partial charge < -0.3 is 28.5 Å². The van der Waals surface area contributed by atoms with Crippen LogP contribution in [0.15, 0.2) is 146 Å². The number of hydrogen-bond donors (Lipinski definition) is 1. The van der Waals surface area contributed by atoms with Crippen LogP contribution in [0, 0.1) is 0 Å². The summed E-state index contributed by atoms with van der Waals surface area (Å²) in [6.07, 6.45) is 89.4. The number of quaternary nitrogens is 1. The molecule has 9 heteroatoms. The Morgan fingerprint density at radius 3 is 1.02 bits per heavy atom. The molecule has 9 nitrogen and oxygen atoms in total. The number of carboxylic acid groups (broad SMARTS) is 1. The van der Waals surface area contributed by atoms with Crippen molar-refractivity contribution in [2.45, 2.75) is 257 Å². The van der Waals surface area contributed by atoms with Gasteiger partial charge in [-0.3, -0.25) is 9.59 Å². The van der Waals surface area contributed by atoms with Crippen LogP contribution in [0.1, 0.15) is 245 Å². The normalized spacial score (nSPS) is 13.7. The van der Waals surface area contributed by atoms with E-state index in [0.717, 1.165) is 122 Å². The van der Waals surface area contributed by atoms with Gasteiger partial charge >= 0.3 is 17.9 Å². The summed E-state index contributed by atoms with van der Waals surface area (Å²) < 4.78 is 22.9. The predicted molar refractivity (Wildman–Crippen MR) is 354 cm³/mol. The molecule has 0 amide bonds. The van der Waals surface area contributed by atoms with E-state index in [1.54, 1.807) is 0 Å². The van der Waals surface area contributed by atoms with E-state index in [4.69, 9.17) is 18.9 Å². The molecular weight excluding hydrogens is 1030 g/mol. The number of aliphatic carboxylic acids is 1. The predicted octanol–water partition coefficient (Wildman–Crippen LogP) is 20.3. The number of nitrogens with zero attached hydrogens (tertiary/aromatic N) is 1. The van der Waals surface area contributed by atoms with Crippen molar-refractivity contribution in [2.75, 3.05) is 47.5 Å². The minimum absolute atomic E-state index is 0.178. The average molecular weight is 1150 g/mol. The first-order valence-electron chi connectivity index (χ1n) is 33.0. The van der Waals surface area contributed by atoms with Crippen LogP contribution in [0.5, 0.6) is 0 Å². The van der Waals surface area contributed by atoms with Gasteiger partial charge in [0.25, 0.3) is 6.29 Å². The summed E-state index contributed by atoms with van der Waals surface area (Å²) in [5, 5.41) is 9.73. The third-order valence-corrected chi connectivity index (χ3v) is 13.6. The number of ether oxygens (including phenoxy) is 4. The molecule has 0 spiro atoms. The molecule has 83 heavy (non-hydrogen) atoms. The van der Waals surface area contributed by atoms with Gasteiger partial charge in [0.1, 0.15) is 13.2 Å². The average Bonchev–Trinajstić information content (AvgIpc) is 3.46. The molecule has 0 aromatic carbocycles. The third kappa shape index (κ3) is 64.6. The number of unbranched alkanes of at least 4 members (excludes halogenated alkanes) is 20. The van der Waals surface area contributed by atoms with Crippen molar-refractivity contribution in [1.29, 1.82) is 0 Å². The zero-order chi connectivity index (χ0) is 60.5. The van der Waals surface area contributed by atoms with E-state index in [1.807, 2.05) is 21.1 Å². The minimum atomic E-state index is -1.52. The van der Waals surface area contributed by atoms with Crippen LogP contribution in [0.25, 0.3) is 0 Å². The highest BCUT2D eigenvalue weighted by molar-refractivity contribution is 5.71. The van der Waals surface area contributed by atoms with Crippen molar-refractivity contribution in [3.05, 3.63) is 146 Å². The fraction of sp³-hybridized carbons (Fsp3) is 0.635. The van der Waals surface area contributed by atoms with E-state index in [-0.39, 0.29) is 38.6 Å². The quantitative estimate of drug-likeness (QED) is 0.0211. The van der Waals surface area contributed by atoms with Crippen LogP contribution in [0.4, 0.5) is 0 Å². The molecule has 0 fully saturated rings. The molecular formula is C74H122NO8+. The van der Waals surface area contributed by atoms with Crippen molar-refractivity contribution >= 4 is 17.9 Å². The molecule has 0 aliphatic carbocycles. The lowest BCUT2D eigenvalue weighted by atomic mass is 10.1. The van der Waals surface area contributed by atoms with E-state index in [1.165, 1.54) is 89.9 Å². The number of rotatable bonds is 59. The summed E-state index contributed by atoms with van der Waals surface area (Å²) in [6, 6.07) is 0. The van der Waals surface area contributed by atoms with Gasteiger partial charge in [-0.15, -0.1) is 0 Å². The third-order valence-electron chi connectivity index (χ3n) is 13.6. The van der Waals surface area contributed by atoms with Gasteiger partial charge in [-0.05, 0) is 122 Å². The zero-order valence-corrected chi connectivity index (χ0v) is 53.5. The molecule has 0 aromatic rings. The van der Waals surface area contributed by atoms with Crippen molar-refractivity contribution in [1.82, 2.24) is 0 Å².